The fraction of sp³-hybridized carbons (Fsp3) is 0.571. The van der Waals surface area contributed by atoms with E-state index in [2.05, 4.69) is 32.1 Å². The highest BCUT2D eigenvalue weighted by Crippen LogP contribution is 2.39. The van der Waals surface area contributed by atoms with E-state index >= 15 is 0 Å². The van der Waals surface area contributed by atoms with E-state index < -0.39 is 0 Å². The molecule has 2 fully saturated rings. The molecule has 1 aromatic carbocycles. The number of hydrogen-bond donors (Lipinski definition) is 0. The van der Waals surface area contributed by atoms with Crippen molar-refractivity contribution in [3.05, 3.63) is 47.6 Å². The van der Waals surface area contributed by atoms with Gasteiger partial charge < -0.3 is 9.42 Å². The Labute approximate surface area is 160 Å². The molecule has 0 N–H and O–H groups in total. The van der Waals surface area contributed by atoms with Gasteiger partial charge in [0.15, 0.2) is 5.82 Å². The second-order valence-corrected chi connectivity index (χ2v) is 8.01. The number of nitrogens with zero attached hydrogens (tertiary/aromatic N) is 4. The van der Waals surface area contributed by atoms with Crippen molar-refractivity contribution in [2.45, 2.75) is 52.1 Å². The minimum absolute atomic E-state index is 0.189. The molecular weight excluding hydrogens is 340 g/mol. The van der Waals surface area contributed by atoms with E-state index in [1.165, 1.54) is 12.0 Å². The Bertz CT molecular complexity index is 775. The molecule has 2 saturated heterocycles. The van der Waals surface area contributed by atoms with Crippen molar-refractivity contribution in [1.82, 2.24) is 19.9 Å². The molecule has 1 spiro atoms. The van der Waals surface area contributed by atoms with Gasteiger partial charge in [-0.1, -0.05) is 42.4 Å². The quantitative estimate of drug-likeness (QED) is 0.812. The molecule has 2 aliphatic rings. The summed E-state index contributed by atoms with van der Waals surface area (Å²) in [7, 11) is 0. The normalized spacial score (nSPS) is 23.9. The van der Waals surface area contributed by atoms with Gasteiger partial charge in [0.2, 0.25) is 11.8 Å². The number of likely N-dealkylation sites (tertiary alicyclic amines) is 2. The molecule has 6 heteroatoms. The van der Waals surface area contributed by atoms with E-state index in [0.29, 0.717) is 25.4 Å². The lowest BCUT2D eigenvalue weighted by molar-refractivity contribution is -0.140. The number of hydrogen-bond acceptors (Lipinski definition) is 5. The highest BCUT2D eigenvalue weighted by Gasteiger charge is 2.41. The van der Waals surface area contributed by atoms with E-state index in [4.69, 9.17) is 4.52 Å². The Hall–Kier alpha value is -2.21. The summed E-state index contributed by atoms with van der Waals surface area (Å²) in [6, 6.07) is 10.3. The lowest BCUT2D eigenvalue weighted by Gasteiger charge is -2.48. The Morgan fingerprint density at radius 2 is 2.00 bits per heavy atom. The summed E-state index contributed by atoms with van der Waals surface area (Å²) < 4.78 is 5.38. The van der Waals surface area contributed by atoms with Gasteiger partial charge in [-0.25, -0.2) is 0 Å². The first-order valence-electron chi connectivity index (χ1n) is 10.0. The van der Waals surface area contributed by atoms with Crippen LogP contribution >= 0.6 is 0 Å². The first-order chi connectivity index (χ1) is 13.2. The van der Waals surface area contributed by atoms with E-state index in [1.54, 1.807) is 0 Å². The van der Waals surface area contributed by atoms with Crippen LogP contribution in [0.4, 0.5) is 0 Å². The van der Waals surface area contributed by atoms with Crippen molar-refractivity contribution in [2.75, 3.05) is 19.6 Å². The maximum atomic E-state index is 12.5. The molecule has 0 saturated carbocycles. The fourth-order valence-electron chi connectivity index (χ4n) is 4.52. The van der Waals surface area contributed by atoms with Gasteiger partial charge in [0, 0.05) is 37.9 Å². The summed E-state index contributed by atoms with van der Waals surface area (Å²) in [6.45, 7) is 6.35. The second-order valence-electron chi connectivity index (χ2n) is 8.01. The minimum Gasteiger partial charge on any atom is -0.338 e. The Kier molecular flexibility index (Phi) is 5.25. The summed E-state index contributed by atoms with van der Waals surface area (Å²) in [5, 5.41) is 4.01. The summed E-state index contributed by atoms with van der Waals surface area (Å²) in [5.74, 6) is 1.76. The fourth-order valence-corrected chi connectivity index (χ4v) is 4.52. The zero-order chi connectivity index (χ0) is 18.7. The Morgan fingerprint density at radius 1 is 1.15 bits per heavy atom. The molecule has 144 valence electrons. The minimum atomic E-state index is 0.189. The molecule has 1 aromatic heterocycles. The Balaban J connectivity index is 1.42. The van der Waals surface area contributed by atoms with Crippen LogP contribution in [0.25, 0.3) is 0 Å². The van der Waals surface area contributed by atoms with Crippen molar-refractivity contribution >= 4 is 5.91 Å². The van der Waals surface area contributed by atoms with Crippen molar-refractivity contribution in [1.29, 1.82) is 0 Å². The van der Waals surface area contributed by atoms with Gasteiger partial charge in [-0.2, -0.15) is 4.98 Å². The third-order valence-electron chi connectivity index (χ3n) is 5.89. The molecule has 0 unspecified atom stereocenters. The Morgan fingerprint density at radius 3 is 2.78 bits per heavy atom. The lowest BCUT2D eigenvalue weighted by atomic mass is 9.73. The van der Waals surface area contributed by atoms with Crippen LogP contribution in [0.5, 0.6) is 0 Å². The molecule has 2 aromatic rings. The van der Waals surface area contributed by atoms with Gasteiger partial charge in [0.05, 0.1) is 6.54 Å². The zero-order valence-corrected chi connectivity index (χ0v) is 16.1. The van der Waals surface area contributed by atoms with Gasteiger partial charge in [-0.05, 0) is 31.4 Å². The predicted octanol–water partition coefficient (Wildman–Crippen LogP) is 3.04. The van der Waals surface area contributed by atoms with Crippen LogP contribution in [0.3, 0.4) is 0 Å². The predicted molar refractivity (Wildman–Crippen MR) is 102 cm³/mol. The van der Waals surface area contributed by atoms with Crippen molar-refractivity contribution in [3.8, 4) is 0 Å². The maximum Gasteiger partial charge on any atom is 0.240 e. The largest absolute Gasteiger partial charge is 0.338 e. The summed E-state index contributed by atoms with van der Waals surface area (Å²) in [5.41, 5.74) is 1.39. The van der Waals surface area contributed by atoms with E-state index in [9.17, 15) is 4.79 Å². The van der Waals surface area contributed by atoms with Gasteiger partial charge in [0.1, 0.15) is 0 Å². The summed E-state index contributed by atoms with van der Waals surface area (Å²) in [6.07, 6.45) is 4.77. The van der Waals surface area contributed by atoms with Crippen LogP contribution in [-0.2, 0) is 24.3 Å². The van der Waals surface area contributed by atoms with Gasteiger partial charge in [0.25, 0.3) is 0 Å². The number of piperidine rings is 2. The molecule has 1 atom stereocenters. The molecule has 27 heavy (non-hydrogen) atoms. The molecule has 4 rings (SSSR count). The molecule has 2 aliphatic heterocycles. The van der Waals surface area contributed by atoms with E-state index in [1.807, 2.05) is 25.1 Å². The molecule has 6 nitrogen and oxygen atoms in total. The van der Waals surface area contributed by atoms with Gasteiger partial charge in [-0.3, -0.25) is 9.69 Å². The number of benzene rings is 1. The number of amides is 1. The number of carbonyl (C=O) groups excluding carboxylic acids is 1. The molecule has 0 radical (unpaired) electrons. The number of aromatic nitrogens is 2. The van der Waals surface area contributed by atoms with Crippen LogP contribution in [0.1, 0.15) is 49.9 Å². The van der Waals surface area contributed by atoms with Crippen LogP contribution in [0.2, 0.25) is 0 Å². The number of rotatable bonds is 5. The third-order valence-corrected chi connectivity index (χ3v) is 5.89. The van der Waals surface area contributed by atoms with Crippen LogP contribution < -0.4 is 0 Å². The molecule has 0 aliphatic carbocycles. The first kappa shape index (κ1) is 18.2. The van der Waals surface area contributed by atoms with Crippen molar-refractivity contribution < 1.29 is 9.32 Å². The zero-order valence-electron chi connectivity index (χ0n) is 16.1. The molecule has 1 amide bonds. The standard InChI is InChI=1S/C21H28N4O2/c1-2-18-22-19(27-23-18)14-24-12-6-10-21(15-24)11-9-20(26)25(16-21)13-17-7-4-3-5-8-17/h3-5,7-8H,2,6,9-16H2,1H3/t21-/m0/s1. The summed E-state index contributed by atoms with van der Waals surface area (Å²) >= 11 is 0. The average molecular weight is 368 g/mol. The van der Waals surface area contributed by atoms with Gasteiger partial charge in [-0.15, -0.1) is 0 Å². The van der Waals surface area contributed by atoms with Crippen LogP contribution in [0.15, 0.2) is 34.9 Å². The highest BCUT2D eigenvalue weighted by atomic mass is 16.5. The molecule has 0 bridgehead atoms. The van der Waals surface area contributed by atoms with Crippen LogP contribution in [0, 0.1) is 5.41 Å². The third kappa shape index (κ3) is 4.21. The van der Waals surface area contributed by atoms with E-state index in [-0.39, 0.29) is 11.3 Å². The van der Waals surface area contributed by atoms with Crippen molar-refractivity contribution in [3.63, 3.8) is 0 Å². The SMILES string of the molecule is CCc1noc(CN2CCC[C@]3(CCC(=O)N(Cc4ccccc4)C3)C2)n1. The average Bonchev–Trinajstić information content (AvgIpc) is 3.14. The highest BCUT2D eigenvalue weighted by molar-refractivity contribution is 5.77. The lowest BCUT2D eigenvalue weighted by Crippen LogP contribution is -2.53. The van der Waals surface area contributed by atoms with E-state index in [0.717, 1.165) is 44.7 Å². The monoisotopic (exact) mass is 368 g/mol. The maximum absolute atomic E-state index is 12.5. The number of aryl methyl sites for hydroxylation is 1. The van der Waals surface area contributed by atoms with Crippen molar-refractivity contribution in [2.24, 2.45) is 5.41 Å². The number of carbonyl (C=O) groups is 1. The summed E-state index contributed by atoms with van der Waals surface area (Å²) in [4.78, 5) is 21.5. The topological polar surface area (TPSA) is 62.5 Å². The first-order valence-corrected chi connectivity index (χ1v) is 10.0. The van der Waals surface area contributed by atoms with Gasteiger partial charge >= 0.3 is 0 Å². The molecular formula is C21H28N4O2. The van der Waals surface area contributed by atoms with Crippen LogP contribution in [-0.4, -0.2) is 45.5 Å². The smallest absolute Gasteiger partial charge is 0.240 e. The molecule has 3 heterocycles. The second kappa shape index (κ2) is 7.80.